The van der Waals surface area contributed by atoms with Crippen molar-refractivity contribution in [1.82, 2.24) is 4.37 Å². The first-order chi connectivity index (χ1) is 6.66. The first-order valence-corrected chi connectivity index (χ1v) is 5.18. The molecule has 0 saturated carbocycles. The highest BCUT2D eigenvalue weighted by Gasteiger charge is 2.13. The number of hydrogen-bond donors (Lipinski definition) is 1. The fourth-order valence-corrected chi connectivity index (χ4v) is 2.10. The Morgan fingerprint density at radius 1 is 1.43 bits per heavy atom. The van der Waals surface area contributed by atoms with Gasteiger partial charge >= 0.3 is 0 Å². The lowest BCUT2D eigenvalue weighted by molar-refractivity contribution is 0.530. The molecule has 2 heterocycles. The van der Waals surface area contributed by atoms with E-state index in [9.17, 15) is 0 Å². The summed E-state index contributed by atoms with van der Waals surface area (Å²) in [6.07, 6.45) is 1.70. The molecule has 0 bridgehead atoms. The monoisotopic (exact) mass is 208 g/mol. The highest BCUT2D eigenvalue weighted by atomic mass is 32.1. The van der Waals surface area contributed by atoms with Gasteiger partial charge in [-0.25, -0.2) is 0 Å². The molecular weight excluding hydrogens is 196 g/mol. The predicted octanol–water partition coefficient (Wildman–Crippen LogP) is 2.40. The molecule has 2 aromatic heterocycles. The summed E-state index contributed by atoms with van der Waals surface area (Å²) >= 11 is 1.45. The van der Waals surface area contributed by atoms with Gasteiger partial charge in [0.1, 0.15) is 5.76 Å². The van der Waals surface area contributed by atoms with Gasteiger partial charge in [0.05, 0.1) is 18.0 Å². The zero-order valence-electron chi connectivity index (χ0n) is 8.15. The van der Waals surface area contributed by atoms with E-state index >= 15 is 0 Å². The molecule has 0 saturated heterocycles. The highest BCUT2D eigenvalue weighted by molar-refractivity contribution is 7.05. The van der Waals surface area contributed by atoms with Crippen molar-refractivity contribution in [3.05, 3.63) is 40.3 Å². The molecule has 0 radical (unpaired) electrons. The van der Waals surface area contributed by atoms with Crippen LogP contribution in [0.25, 0.3) is 0 Å². The summed E-state index contributed by atoms with van der Waals surface area (Å²) in [5, 5.41) is 0. The molecule has 4 heteroatoms. The third-order valence-electron chi connectivity index (χ3n) is 2.06. The van der Waals surface area contributed by atoms with Gasteiger partial charge in [0, 0.05) is 10.4 Å². The minimum Gasteiger partial charge on any atom is -0.469 e. The lowest BCUT2D eigenvalue weighted by atomic mass is 10.1. The highest BCUT2D eigenvalue weighted by Crippen LogP contribution is 2.24. The Morgan fingerprint density at radius 2 is 2.21 bits per heavy atom. The Kier molecular flexibility index (Phi) is 2.39. The van der Waals surface area contributed by atoms with Gasteiger partial charge in [0.15, 0.2) is 0 Å². The van der Waals surface area contributed by atoms with E-state index < -0.39 is 0 Å². The van der Waals surface area contributed by atoms with E-state index in [1.807, 2.05) is 26.0 Å². The van der Waals surface area contributed by atoms with Crippen LogP contribution in [0.5, 0.6) is 0 Å². The molecule has 0 aliphatic heterocycles. The van der Waals surface area contributed by atoms with Crippen LogP contribution in [0, 0.1) is 13.8 Å². The smallest absolute Gasteiger partial charge is 0.101 e. The average Bonchev–Trinajstić information content (AvgIpc) is 2.73. The van der Waals surface area contributed by atoms with Crippen molar-refractivity contribution >= 4 is 11.5 Å². The second kappa shape index (κ2) is 3.55. The Labute approximate surface area is 86.7 Å². The largest absolute Gasteiger partial charge is 0.469 e. The first kappa shape index (κ1) is 9.43. The van der Waals surface area contributed by atoms with Crippen LogP contribution in [0.15, 0.2) is 22.8 Å². The van der Waals surface area contributed by atoms with Crippen LogP contribution < -0.4 is 5.73 Å². The van der Waals surface area contributed by atoms with Gasteiger partial charge in [-0.05, 0) is 37.5 Å². The molecule has 0 aliphatic rings. The van der Waals surface area contributed by atoms with Crippen molar-refractivity contribution in [2.75, 3.05) is 0 Å². The van der Waals surface area contributed by atoms with Crippen LogP contribution in [0.3, 0.4) is 0 Å². The predicted molar refractivity (Wildman–Crippen MR) is 56.3 cm³/mol. The van der Waals surface area contributed by atoms with Crippen molar-refractivity contribution in [1.29, 1.82) is 0 Å². The van der Waals surface area contributed by atoms with E-state index in [1.165, 1.54) is 11.5 Å². The maximum atomic E-state index is 6.05. The Bertz CT molecular complexity index is 393. The van der Waals surface area contributed by atoms with Crippen molar-refractivity contribution in [3.8, 4) is 0 Å². The van der Waals surface area contributed by atoms with E-state index in [2.05, 4.69) is 4.37 Å². The molecule has 1 atom stereocenters. The molecule has 0 spiro atoms. The van der Waals surface area contributed by atoms with E-state index in [4.69, 9.17) is 10.2 Å². The minimum absolute atomic E-state index is 0.112. The van der Waals surface area contributed by atoms with Crippen LogP contribution in [0.1, 0.15) is 27.9 Å². The normalized spacial score (nSPS) is 13.1. The van der Waals surface area contributed by atoms with E-state index in [1.54, 1.807) is 6.26 Å². The zero-order chi connectivity index (χ0) is 10.1. The molecule has 1 unspecified atom stereocenters. The van der Waals surface area contributed by atoms with Gasteiger partial charge in [-0.15, -0.1) is 0 Å². The molecule has 0 aromatic carbocycles. The van der Waals surface area contributed by atoms with Gasteiger partial charge in [0.25, 0.3) is 0 Å². The quantitative estimate of drug-likeness (QED) is 0.824. The number of rotatable bonds is 2. The number of nitrogens with zero attached hydrogens (tertiary/aromatic N) is 1. The molecule has 0 fully saturated rings. The summed E-state index contributed by atoms with van der Waals surface area (Å²) in [5.41, 5.74) is 8.07. The summed E-state index contributed by atoms with van der Waals surface area (Å²) in [6, 6.07) is 3.86. The van der Waals surface area contributed by atoms with Crippen LogP contribution in [0.2, 0.25) is 0 Å². The standard InChI is InChI=1S/C10H12N2OS/c1-6-3-9(14-12-6)10(11)8-4-7(2)13-5-8/h3-5,10H,11H2,1-2H3. The lowest BCUT2D eigenvalue weighted by Gasteiger charge is -2.04. The number of nitrogens with two attached hydrogens (primary N) is 1. The van der Waals surface area contributed by atoms with Crippen LogP contribution >= 0.6 is 11.5 Å². The molecular formula is C10H12N2OS. The van der Waals surface area contributed by atoms with Gasteiger partial charge < -0.3 is 10.2 Å². The van der Waals surface area contributed by atoms with Crippen molar-refractivity contribution < 1.29 is 4.42 Å². The third kappa shape index (κ3) is 1.71. The molecule has 74 valence electrons. The fraction of sp³-hybridized carbons (Fsp3) is 0.300. The van der Waals surface area contributed by atoms with Crippen molar-refractivity contribution in [3.63, 3.8) is 0 Å². The molecule has 0 amide bonds. The van der Waals surface area contributed by atoms with Crippen molar-refractivity contribution in [2.24, 2.45) is 5.73 Å². The van der Waals surface area contributed by atoms with Crippen LogP contribution in [-0.2, 0) is 0 Å². The summed E-state index contributed by atoms with van der Waals surface area (Å²) in [5.74, 6) is 0.886. The molecule has 2 aromatic rings. The number of aromatic nitrogens is 1. The summed E-state index contributed by atoms with van der Waals surface area (Å²) < 4.78 is 9.42. The third-order valence-corrected chi connectivity index (χ3v) is 3.02. The van der Waals surface area contributed by atoms with Gasteiger partial charge in [-0.2, -0.15) is 4.37 Å². The SMILES string of the molecule is Cc1cc(C(N)c2coc(C)c2)sn1. The Morgan fingerprint density at radius 3 is 2.71 bits per heavy atom. The second-order valence-corrected chi connectivity index (χ2v) is 4.18. The van der Waals surface area contributed by atoms with Crippen molar-refractivity contribution in [2.45, 2.75) is 19.9 Å². The fourth-order valence-electron chi connectivity index (χ4n) is 1.32. The summed E-state index contributed by atoms with van der Waals surface area (Å²) in [6.45, 7) is 3.88. The van der Waals surface area contributed by atoms with E-state index in [-0.39, 0.29) is 6.04 Å². The van der Waals surface area contributed by atoms with Gasteiger partial charge in [-0.3, -0.25) is 0 Å². The lowest BCUT2D eigenvalue weighted by Crippen LogP contribution is -2.08. The minimum atomic E-state index is -0.112. The summed E-state index contributed by atoms with van der Waals surface area (Å²) in [4.78, 5) is 1.07. The molecule has 2 N–H and O–H groups in total. The van der Waals surface area contributed by atoms with E-state index in [0.29, 0.717) is 0 Å². The van der Waals surface area contributed by atoms with Crippen LogP contribution in [0.4, 0.5) is 0 Å². The molecule has 14 heavy (non-hydrogen) atoms. The number of aryl methyl sites for hydroxylation is 2. The van der Waals surface area contributed by atoms with Gasteiger partial charge in [-0.1, -0.05) is 0 Å². The maximum Gasteiger partial charge on any atom is 0.101 e. The number of furan rings is 1. The molecule has 0 aliphatic carbocycles. The molecule has 2 rings (SSSR count). The van der Waals surface area contributed by atoms with Crippen LogP contribution in [-0.4, -0.2) is 4.37 Å². The van der Waals surface area contributed by atoms with E-state index in [0.717, 1.165) is 21.9 Å². The second-order valence-electron chi connectivity index (χ2n) is 3.34. The van der Waals surface area contributed by atoms with Gasteiger partial charge in [0.2, 0.25) is 0 Å². The summed E-state index contributed by atoms with van der Waals surface area (Å²) in [7, 11) is 0. The first-order valence-electron chi connectivity index (χ1n) is 4.40. The Balaban J connectivity index is 2.28. The average molecular weight is 208 g/mol. The zero-order valence-corrected chi connectivity index (χ0v) is 8.97. The topological polar surface area (TPSA) is 52.0 Å². The number of hydrogen-bond acceptors (Lipinski definition) is 4. The Hall–Kier alpha value is -1.13. The maximum absolute atomic E-state index is 6.05. The molecule has 3 nitrogen and oxygen atoms in total.